The largest absolute Gasteiger partial charge is 0.476 e. The van der Waals surface area contributed by atoms with Crippen LogP contribution in [0.25, 0.3) is 0 Å². The first-order chi connectivity index (χ1) is 8.97. The van der Waals surface area contributed by atoms with Gasteiger partial charge in [0.15, 0.2) is 5.69 Å². The van der Waals surface area contributed by atoms with Gasteiger partial charge >= 0.3 is 12.0 Å². The summed E-state index contributed by atoms with van der Waals surface area (Å²) in [5.74, 6) is -0.518. The zero-order valence-corrected chi connectivity index (χ0v) is 11.7. The zero-order valence-electron chi connectivity index (χ0n) is 10.9. The van der Waals surface area contributed by atoms with E-state index in [9.17, 15) is 9.59 Å². The van der Waals surface area contributed by atoms with Crippen LogP contribution in [-0.4, -0.2) is 39.6 Å². The Morgan fingerprint density at radius 2 is 2.32 bits per heavy atom. The minimum absolute atomic E-state index is 0.0254. The van der Waals surface area contributed by atoms with Crippen molar-refractivity contribution < 1.29 is 14.7 Å². The molecule has 2 rings (SSSR count). The predicted molar refractivity (Wildman–Crippen MR) is 71.3 cm³/mol. The molecule has 1 aromatic heterocycles. The van der Waals surface area contributed by atoms with Crippen molar-refractivity contribution in [1.29, 1.82) is 0 Å². The van der Waals surface area contributed by atoms with Gasteiger partial charge in [0.2, 0.25) is 0 Å². The van der Waals surface area contributed by atoms with Crippen LogP contribution in [0.2, 0.25) is 0 Å². The second kappa shape index (κ2) is 5.56. The number of aromatic carboxylic acids is 1. The van der Waals surface area contributed by atoms with E-state index in [0.717, 1.165) is 13.0 Å². The highest BCUT2D eigenvalue weighted by molar-refractivity contribution is 7.09. The van der Waals surface area contributed by atoms with Crippen LogP contribution in [0.3, 0.4) is 0 Å². The van der Waals surface area contributed by atoms with Crippen molar-refractivity contribution in [3.8, 4) is 0 Å². The van der Waals surface area contributed by atoms with Crippen LogP contribution >= 0.6 is 11.3 Å². The second-order valence-electron chi connectivity index (χ2n) is 4.93. The van der Waals surface area contributed by atoms with Crippen LogP contribution in [0, 0.1) is 5.92 Å². The summed E-state index contributed by atoms with van der Waals surface area (Å²) in [4.78, 5) is 28.4. The quantitative estimate of drug-likeness (QED) is 0.886. The molecule has 0 spiro atoms. The first-order valence-electron chi connectivity index (χ1n) is 6.19. The van der Waals surface area contributed by atoms with Gasteiger partial charge in [-0.25, -0.2) is 14.6 Å². The molecule has 2 amide bonds. The number of thiazole rings is 1. The van der Waals surface area contributed by atoms with E-state index in [1.807, 2.05) is 11.8 Å². The summed E-state index contributed by atoms with van der Waals surface area (Å²) < 4.78 is 0. The number of carbonyl (C=O) groups is 2. The molecule has 1 aliphatic heterocycles. The molecule has 2 heterocycles. The fraction of sp³-hybridized carbons (Fsp3) is 0.583. The lowest BCUT2D eigenvalue weighted by Gasteiger charge is -2.21. The van der Waals surface area contributed by atoms with E-state index in [4.69, 9.17) is 5.11 Å². The fourth-order valence-electron chi connectivity index (χ4n) is 2.33. The average molecular weight is 283 g/mol. The van der Waals surface area contributed by atoms with Crippen LogP contribution in [-0.2, 0) is 6.54 Å². The minimum atomic E-state index is -1.05. The third-order valence-corrected chi connectivity index (χ3v) is 4.06. The molecule has 1 saturated heterocycles. The van der Waals surface area contributed by atoms with Crippen LogP contribution < -0.4 is 5.32 Å². The summed E-state index contributed by atoms with van der Waals surface area (Å²) in [6.45, 7) is 5.21. The molecule has 2 N–H and O–H groups in total. The van der Waals surface area contributed by atoms with Crippen LogP contribution in [0.1, 0.15) is 35.8 Å². The van der Waals surface area contributed by atoms with Gasteiger partial charge in [0, 0.05) is 18.0 Å². The van der Waals surface area contributed by atoms with Crippen molar-refractivity contribution in [2.45, 2.75) is 32.9 Å². The Labute approximate surface area is 115 Å². The van der Waals surface area contributed by atoms with Gasteiger partial charge in [0.1, 0.15) is 5.01 Å². The lowest BCUT2D eigenvalue weighted by Crippen LogP contribution is -2.41. The van der Waals surface area contributed by atoms with Crippen molar-refractivity contribution >= 4 is 23.3 Å². The number of nitrogens with zero attached hydrogens (tertiary/aromatic N) is 2. The van der Waals surface area contributed by atoms with Gasteiger partial charge in [-0.05, 0) is 19.3 Å². The molecule has 1 fully saturated rings. The van der Waals surface area contributed by atoms with E-state index in [1.54, 1.807) is 0 Å². The molecule has 1 aromatic rings. The van der Waals surface area contributed by atoms with Gasteiger partial charge < -0.3 is 15.3 Å². The molecular formula is C12H17N3O3S. The van der Waals surface area contributed by atoms with Crippen LogP contribution in [0.15, 0.2) is 5.38 Å². The number of carbonyl (C=O) groups excluding carboxylic acids is 1. The van der Waals surface area contributed by atoms with Gasteiger partial charge in [0.05, 0.1) is 6.54 Å². The maximum Gasteiger partial charge on any atom is 0.355 e. The first kappa shape index (κ1) is 13.8. The molecule has 2 unspecified atom stereocenters. The fourth-order valence-corrected chi connectivity index (χ4v) is 3.03. The second-order valence-corrected chi connectivity index (χ2v) is 5.88. The number of carboxylic acids is 1. The van der Waals surface area contributed by atoms with E-state index in [-0.39, 0.29) is 24.3 Å². The van der Waals surface area contributed by atoms with E-state index in [2.05, 4.69) is 17.2 Å². The maximum atomic E-state index is 12.0. The summed E-state index contributed by atoms with van der Waals surface area (Å²) >= 11 is 1.24. The van der Waals surface area contributed by atoms with Gasteiger partial charge in [0.25, 0.3) is 0 Å². The van der Waals surface area contributed by atoms with Gasteiger partial charge in [-0.1, -0.05) is 6.92 Å². The van der Waals surface area contributed by atoms with Crippen LogP contribution in [0.5, 0.6) is 0 Å². The summed E-state index contributed by atoms with van der Waals surface area (Å²) in [6, 6.07) is 0.143. The predicted octanol–water partition coefficient (Wildman–Crippen LogP) is 1.78. The number of hydrogen-bond donors (Lipinski definition) is 2. The highest BCUT2D eigenvalue weighted by Crippen LogP contribution is 2.22. The number of carboxylic acid groups (broad SMARTS) is 1. The normalized spacial score (nSPS) is 22.5. The molecule has 0 saturated carbocycles. The van der Waals surface area contributed by atoms with Gasteiger partial charge in [-0.15, -0.1) is 11.3 Å². The Hall–Kier alpha value is -1.63. The Bertz CT molecular complexity index is 488. The summed E-state index contributed by atoms with van der Waals surface area (Å²) in [5.41, 5.74) is 0.0254. The Balaban J connectivity index is 1.88. The zero-order chi connectivity index (χ0) is 14.0. The molecular weight excluding hydrogens is 266 g/mol. The Kier molecular flexibility index (Phi) is 4.04. The molecule has 19 heavy (non-hydrogen) atoms. The standard InChI is InChI=1S/C12H17N3O3S/c1-7-3-8(2)15(5-7)12(18)13-4-10-14-9(6-19-10)11(16)17/h6-8H,3-5H2,1-2H3,(H,13,18)(H,16,17). The number of aromatic nitrogens is 1. The van der Waals surface area contributed by atoms with E-state index in [1.165, 1.54) is 16.7 Å². The molecule has 6 nitrogen and oxygen atoms in total. The van der Waals surface area contributed by atoms with Crippen molar-refractivity contribution in [1.82, 2.24) is 15.2 Å². The van der Waals surface area contributed by atoms with Crippen molar-refractivity contribution in [3.63, 3.8) is 0 Å². The molecule has 0 aromatic carbocycles. The summed E-state index contributed by atoms with van der Waals surface area (Å²) in [5, 5.41) is 13.6. The topological polar surface area (TPSA) is 82.5 Å². The third-order valence-electron chi connectivity index (χ3n) is 3.21. The highest BCUT2D eigenvalue weighted by Gasteiger charge is 2.29. The number of amides is 2. The minimum Gasteiger partial charge on any atom is -0.476 e. The number of rotatable bonds is 3. The summed E-state index contributed by atoms with van der Waals surface area (Å²) in [7, 11) is 0. The number of hydrogen-bond acceptors (Lipinski definition) is 4. The first-order valence-corrected chi connectivity index (χ1v) is 7.07. The number of urea groups is 1. The average Bonchev–Trinajstić information content (AvgIpc) is 2.93. The van der Waals surface area contributed by atoms with Gasteiger partial charge in [-0.2, -0.15) is 0 Å². The molecule has 0 radical (unpaired) electrons. The third kappa shape index (κ3) is 3.23. The molecule has 2 atom stereocenters. The SMILES string of the molecule is CC1CC(C)N(C(=O)NCc2nc(C(=O)O)cs2)C1. The Morgan fingerprint density at radius 3 is 2.84 bits per heavy atom. The lowest BCUT2D eigenvalue weighted by molar-refractivity contribution is 0.0691. The molecule has 104 valence electrons. The number of nitrogens with one attached hydrogen (secondary N) is 1. The van der Waals surface area contributed by atoms with E-state index >= 15 is 0 Å². The lowest BCUT2D eigenvalue weighted by atomic mass is 10.1. The summed E-state index contributed by atoms with van der Waals surface area (Å²) in [6.07, 6.45) is 1.02. The molecule has 0 aliphatic carbocycles. The maximum absolute atomic E-state index is 12.0. The number of likely N-dealkylation sites (tertiary alicyclic amines) is 1. The van der Waals surface area contributed by atoms with E-state index < -0.39 is 5.97 Å². The van der Waals surface area contributed by atoms with Gasteiger partial charge in [-0.3, -0.25) is 0 Å². The molecule has 0 bridgehead atoms. The molecule has 1 aliphatic rings. The van der Waals surface area contributed by atoms with E-state index in [0.29, 0.717) is 10.9 Å². The van der Waals surface area contributed by atoms with Crippen LogP contribution in [0.4, 0.5) is 4.79 Å². The Morgan fingerprint density at radius 1 is 1.58 bits per heavy atom. The smallest absolute Gasteiger partial charge is 0.355 e. The van der Waals surface area contributed by atoms with Crippen molar-refractivity contribution in [2.75, 3.05) is 6.54 Å². The monoisotopic (exact) mass is 283 g/mol. The van der Waals surface area contributed by atoms with Crippen molar-refractivity contribution in [2.24, 2.45) is 5.92 Å². The van der Waals surface area contributed by atoms with Crippen molar-refractivity contribution in [3.05, 3.63) is 16.1 Å². The highest BCUT2D eigenvalue weighted by atomic mass is 32.1. The molecule has 7 heteroatoms.